The lowest BCUT2D eigenvalue weighted by Crippen LogP contribution is -2.32. The molecule has 0 radical (unpaired) electrons. The Morgan fingerprint density at radius 3 is 2.87 bits per heavy atom. The Hall–Kier alpha value is -1.01. The van der Waals surface area contributed by atoms with Crippen LogP contribution in [-0.4, -0.2) is 25.0 Å². The topological polar surface area (TPSA) is 41.1 Å². The highest BCUT2D eigenvalue weighted by atomic mass is 16.1. The molecule has 1 atom stereocenters. The van der Waals surface area contributed by atoms with Gasteiger partial charge in [-0.2, -0.15) is 0 Å². The number of terminal acetylenes is 1. The predicted molar refractivity (Wildman–Crippen MR) is 61.3 cm³/mol. The van der Waals surface area contributed by atoms with Crippen LogP contribution in [0.2, 0.25) is 0 Å². The number of hydrogen-bond donors (Lipinski definition) is 2. The summed E-state index contributed by atoms with van der Waals surface area (Å²) in [4.78, 5) is 11.4. The molecule has 1 fully saturated rings. The van der Waals surface area contributed by atoms with Crippen LogP contribution in [0.5, 0.6) is 0 Å². The van der Waals surface area contributed by atoms with Gasteiger partial charge in [-0.25, -0.2) is 0 Å². The number of hydrogen-bond acceptors (Lipinski definition) is 2. The van der Waals surface area contributed by atoms with Crippen molar-refractivity contribution in [1.82, 2.24) is 10.6 Å². The molecule has 15 heavy (non-hydrogen) atoms. The number of amides is 1. The van der Waals surface area contributed by atoms with E-state index in [1.807, 2.05) is 6.92 Å². The van der Waals surface area contributed by atoms with Crippen molar-refractivity contribution in [2.45, 2.75) is 38.6 Å². The van der Waals surface area contributed by atoms with Crippen molar-refractivity contribution in [3.05, 3.63) is 0 Å². The molecule has 1 aliphatic rings. The van der Waals surface area contributed by atoms with Gasteiger partial charge in [0, 0.05) is 6.42 Å². The van der Waals surface area contributed by atoms with Gasteiger partial charge in [-0.15, -0.1) is 6.42 Å². The molecule has 84 valence electrons. The van der Waals surface area contributed by atoms with Gasteiger partial charge in [0.25, 0.3) is 0 Å². The molecular weight excluding hydrogens is 188 g/mol. The largest absolute Gasteiger partial charge is 0.343 e. The summed E-state index contributed by atoms with van der Waals surface area (Å²) in [5.41, 5.74) is 0. The van der Waals surface area contributed by atoms with Crippen LogP contribution in [-0.2, 0) is 4.79 Å². The van der Waals surface area contributed by atoms with Gasteiger partial charge in [-0.05, 0) is 45.2 Å². The lowest BCUT2D eigenvalue weighted by molar-refractivity contribution is -0.121. The Labute approximate surface area is 92.0 Å². The lowest BCUT2D eigenvalue weighted by Gasteiger charge is -2.22. The number of nitrogens with one attached hydrogen (secondary N) is 2. The van der Waals surface area contributed by atoms with E-state index >= 15 is 0 Å². The summed E-state index contributed by atoms with van der Waals surface area (Å²) in [5.74, 6) is 3.28. The molecule has 1 aliphatic heterocycles. The molecule has 0 aromatic carbocycles. The molecule has 1 rings (SSSR count). The Bertz CT molecular complexity index is 238. The van der Waals surface area contributed by atoms with E-state index in [0.717, 1.165) is 19.5 Å². The van der Waals surface area contributed by atoms with Crippen molar-refractivity contribution in [3.63, 3.8) is 0 Å². The average Bonchev–Trinajstić information content (AvgIpc) is 2.27. The maximum atomic E-state index is 11.4. The fraction of sp³-hybridized carbons (Fsp3) is 0.750. The highest BCUT2D eigenvalue weighted by Crippen LogP contribution is 2.17. The van der Waals surface area contributed by atoms with E-state index in [9.17, 15) is 4.79 Å². The summed E-state index contributed by atoms with van der Waals surface area (Å²) in [6, 6.07) is -0.148. The van der Waals surface area contributed by atoms with Crippen LogP contribution >= 0.6 is 0 Å². The third-order valence-electron chi connectivity index (χ3n) is 2.87. The van der Waals surface area contributed by atoms with Gasteiger partial charge >= 0.3 is 0 Å². The zero-order valence-electron chi connectivity index (χ0n) is 9.38. The molecule has 0 aromatic rings. The first kappa shape index (κ1) is 12.1. The molecule has 1 heterocycles. The van der Waals surface area contributed by atoms with Gasteiger partial charge in [-0.3, -0.25) is 4.79 Å². The average molecular weight is 208 g/mol. The minimum absolute atomic E-state index is 0.0824. The fourth-order valence-electron chi connectivity index (χ4n) is 1.86. The monoisotopic (exact) mass is 208 g/mol. The van der Waals surface area contributed by atoms with Gasteiger partial charge in [0.2, 0.25) is 5.91 Å². The minimum Gasteiger partial charge on any atom is -0.343 e. The van der Waals surface area contributed by atoms with Crippen molar-refractivity contribution in [3.8, 4) is 12.3 Å². The van der Waals surface area contributed by atoms with Gasteiger partial charge in [0.15, 0.2) is 0 Å². The molecule has 3 nitrogen and oxygen atoms in total. The number of carbonyl (C=O) groups excluding carboxylic acids is 1. The lowest BCUT2D eigenvalue weighted by atomic mass is 9.93. The van der Waals surface area contributed by atoms with Crippen molar-refractivity contribution in [2.24, 2.45) is 5.92 Å². The van der Waals surface area contributed by atoms with E-state index in [4.69, 9.17) is 6.42 Å². The molecule has 0 saturated carbocycles. The molecule has 0 spiro atoms. The van der Waals surface area contributed by atoms with E-state index in [-0.39, 0.29) is 11.9 Å². The maximum Gasteiger partial charge on any atom is 0.220 e. The normalized spacial score (nSPS) is 19.2. The zero-order valence-corrected chi connectivity index (χ0v) is 9.38. The minimum atomic E-state index is -0.148. The standard InChI is InChI=1S/C12H20N2O/c1-3-10(2)14-12(15)5-4-11-6-8-13-9-7-11/h1,10-11,13H,4-9H2,2H3,(H,14,15). The van der Waals surface area contributed by atoms with E-state index in [1.165, 1.54) is 12.8 Å². The summed E-state index contributed by atoms with van der Waals surface area (Å²) < 4.78 is 0. The fourth-order valence-corrected chi connectivity index (χ4v) is 1.86. The highest BCUT2D eigenvalue weighted by Gasteiger charge is 2.14. The van der Waals surface area contributed by atoms with E-state index in [2.05, 4.69) is 16.6 Å². The van der Waals surface area contributed by atoms with Gasteiger partial charge < -0.3 is 10.6 Å². The third kappa shape index (κ3) is 4.85. The zero-order chi connectivity index (χ0) is 11.1. The van der Waals surface area contributed by atoms with Crippen LogP contribution < -0.4 is 10.6 Å². The second-order valence-electron chi connectivity index (χ2n) is 4.19. The van der Waals surface area contributed by atoms with E-state index in [0.29, 0.717) is 12.3 Å². The van der Waals surface area contributed by atoms with Gasteiger partial charge in [0.05, 0.1) is 6.04 Å². The molecule has 0 aromatic heterocycles. The van der Waals surface area contributed by atoms with Crippen LogP contribution in [0.3, 0.4) is 0 Å². The molecule has 0 aliphatic carbocycles. The Kier molecular flexibility index (Phi) is 5.20. The quantitative estimate of drug-likeness (QED) is 0.674. The van der Waals surface area contributed by atoms with Crippen molar-refractivity contribution in [2.75, 3.05) is 13.1 Å². The van der Waals surface area contributed by atoms with E-state index in [1.54, 1.807) is 0 Å². The molecule has 0 bridgehead atoms. The number of rotatable bonds is 4. The van der Waals surface area contributed by atoms with Crippen LogP contribution in [0, 0.1) is 18.3 Å². The second-order valence-corrected chi connectivity index (χ2v) is 4.19. The van der Waals surface area contributed by atoms with Crippen molar-refractivity contribution < 1.29 is 4.79 Å². The second kappa shape index (κ2) is 6.47. The summed E-state index contributed by atoms with van der Waals surface area (Å²) in [6.45, 7) is 4.00. The van der Waals surface area contributed by atoms with Crippen molar-refractivity contribution in [1.29, 1.82) is 0 Å². The molecule has 1 saturated heterocycles. The SMILES string of the molecule is C#CC(C)NC(=O)CCC1CCNCC1. The van der Waals surface area contributed by atoms with E-state index < -0.39 is 0 Å². The molecular formula is C12H20N2O. The first-order valence-corrected chi connectivity index (χ1v) is 5.68. The predicted octanol–water partition coefficient (Wildman–Crippen LogP) is 0.904. The third-order valence-corrected chi connectivity index (χ3v) is 2.87. The summed E-state index contributed by atoms with van der Waals surface area (Å²) in [7, 11) is 0. The first-order chi connectivity index (χ1) is 7.22. The molecule has 1 amide bonds. The maximum absolute atomic E-state index is 11.4. The molecule has 2 N–H and O–H groups in total. The number of piperidine rings is 1. The highest BCUT2D eigenvalue weighted by molar-refractivity contribution is 5.76. The first-order valence-electron chi connectivity index (χ1n) is 5.68. The molecule has 3 heteroatoms. The molecule has 1 unspecified atom stereocenters. The van der Waals surface area contributed by atoms with Crippen LogP contribution in [0.4, 0.5) is 0 Å². The summed E-state index contributed by atoms with van der Waals surface area (Å²) in [6.07, 6.45) is 9.17. The van der Waals surface area contributed by atoms with Crippen molar-refractivity contribution >= 4 is 5.91 Å². The van der Waals surface area contributed by atoms with Crippen LogP contribution in [0.25, 0.3) is 0 Å². The Balaban J connectivity index is 2.13. The Morgan fingerprint density at radius 2 is 2.27 bits per heavy atom. The van der Waals surface area contributed by atoms with Gasteiger partial charge in [-0.1, -0.05) is 5.92 Å². The smallest absolute Gasteiger partial charge is 0.220 e. The van der Waals surface area contributed by atoms with Crippen LogP contribution in [0.15, 0.2) is 0 Å². The van der Waals surface area contributed by atoms with Crippen LogP contribution in [0.1, 0.15) is 32.6 Å². The van der Waals surface area contributed by atoms with Gasteiger partial charge in [0.1, 0.15) is 0 Å². The number of carbonyl (C=O) groups is 1. The summed E-state index contributed by atoms with van der Waals surface area (Å²) in [5, 5.41) is 6.10. The Morgan fingerprint density at radius 1 is 1.60 bits per heavy atom. The summed E-state index contributed by atoms with van der Waals surface area (Å²) >= 11 is 0.